The van der Waals surface area contributed by atoms with E-state index in [9.17, 15) is 4.39 Å². The van der Waals surface area contributed by atoms with E-state index in [2.05, 4.69) is 5.32 Å². The van der Waals surface area contributed by atoms with Gasteiger partial charge in [-0.1, -0.05) is 23.8 Å². The molecular weight excluding hydrogens is 271 g/mol. The van der Waals surface area contributed by atoms with Crippen LogP contribution in [-0.4, -0.2) is 4.99 Å². The van der Waals surface area contributed by atoms with E-state index in [1.54, 1.807) is 30.3 Å². The van der Waals surface area contributed by atoms with E-state index in [4.69, 9.17) is 29.6 Å². The summed E-state index contributed by atoms with van der Waals surface area (Å²) < 4.78 is 12.8. The highest BCUT2D eigenvalue weighted by atomic mass is 35.5. The van der Waals surface area contributed by atoms with Crippen molar-refractivity contribution < 1.29 is 4.39 Å². The SMILES string of the molecule is Nc1ccc(Cl)c(C(=S)Nc2ccc(F)cc2)c1. The summed E-state index contributed by atoms with van der Waals surface area (Å²) in [5, 5.41) is 3.50. The smallest absolute Gasteiger partial charge is 0.123 e. The molecule has 2 rings (SSSR count). The van der Waals surface area contributed by atoms with Crippen LogP contribution >= 0.6 is 23.8 Å². The van der Waals surface area contributed by atoms with E-state index in [0.717, 1.165) is 0 Å². The molecular formula is C13H10ClFN2S. The maximum atomic E-state index is 12.8. The van der Waals surface area contributed by atoms with Crippen LogP contribution in [0.15, 0.2) is 42.5 Å². The zero-order valence-electron chi connectivity index (χ0n) is 9.28. The van der Waals surface area contributed by atoms with Gasteiger partial charge in [0.05, 0.1) is 5.02 Å². The first-order valence-electron chi connectivity index (χ1n) is 5.18. The van der Waals surface area contributed by atoms with E-state index < -0.39 is 0 Å². The van der Waals surface area contributed by atoms with Crippen LogP contribution in [0, 0.1) is 5.82 Å². The van der Waals surface area contributed by atoms with Gasteiger partial charge in [-0.3, -0.25) is 0 Å². The molecule has 18 heavy (non-hydrogen) atoms. The molecule has 0 saturated carbocycles. The lowest BCUT2D eigenvalue weighted by molar-refractivity contribution is 0.628. The summed E-state index contributed by atoms with van der Waals surface area (Å²) in [5.74, 6) is -0.298. The van der Waals surface area contributed by atoms with Crippen molar-refractivity contribution in [2.24, 2.45) is 0 Å². The number of rotatable bonds is 2. The Bertz CT molecular complexity index is 584. The Kier molecular flexibility index (Phi) is 3.79. The second-order valence-electron chi connectivity index (χ2n) is 3.70. The number of nitrogens with one attached hydrogen (secondary N) is 1. The molecule has 0 unspecified atom stereocenters. The molecule has 0 aliphatic heterocycles. The first-order chi connectivity index (χ1) is 8.56. The van der Waals surface area contributed by atoms with E-state index >= 15 is 0 Å². The Morgan fingerprint density at radius 1 is 1.17 bits per heavy atom. The van der Waals surface area contributed by atoms with Crippen LogP contribution in [0.25, 0.3) is 0 Å². The van der Waals surface area contributed by atoms with Gasteiger partial charge in [0.25, 0.3) is 0 Å². The van der Waals surface area contributed by atoms with Gasteiger partial charge in [0, 0.05) is 16.9 Å². The molecule has 0 aliphatic carbocycles. The van der Waals surface area contributed by atoms with Gasteiger partial charge in [-0.15, -0.1) is 0 Å². The molecule has 0 radical (unpaired) electrons. The van der Waals surface area contributed by atoms with Crippen LogP contribution in [0.1, 0.15) is 5.56 Å². The predicted molar refractivity (Wildman–Crippen MR) is 77.6 cm³/mol. The van der Waals surface area contributed by atoms with Crippen molar-refractivity contribution in [3.05, 3.63) is 58.9 Å². The third kappa shape index (κ3) is 2.97. The molecule has 0 spiro atoms. The number of hydrogen-bond acceptors (Lipinski definition) is 2. The molecule has 2 aromatic rings. The Labute approximate surface area is 115 Å². The first-order valence-corrected chi connectivity index (χ1v) is 5.97. The van der Waals surface area contributed by atoms with Gasteiger partial charge < -0.3 is 11.1 Å². The fourth-order valence-corrected chi connectivity index (χ4v) is 2.00. The van der Waals surface area contributed by atoms with Gasteiger partial charge in [0.15, 0.2) is 0 Å². The summed E-state index contributed by atoms with van der Waals surface area (Å²) in [6.45, 7) is 0. The number of nitrogens with two attached hydrogens (primary N) is 1. The standard InChI is InChI=1S/C13H10ClFN2S/c14-12-6-3-9(16)7-11(12)13(18)17-10-4-1-8(15)2-5-10/h1-7H,16H2,(H,17,18). The summed E-state index contributed by atoms with van der Waals surface area (Å²) in [6.07, 6.45) is 0. The zero-order chi connectivity index (χ0) is 13.1. The zero-order valence-corrected chi connectivity index (χ0v) is 10.9. The van der Waals surface area contributed by atoms with Crippen molar-refractivity contribution in [2.45, 2.75) is 0 Å². The molecule has 0 bridgehead atoms. The molecule has 0 heterocycles. The van der Waals surface area contributed by atoms with Gasteiger partial charge in [0.1, 0.15) is 10.8 Å². The Morgan fingerprint density at radius 2 is 1.83 bits per heavy atom. The number of anilines is 2. The fourth-order valence-electron chi connectivity index (χ4n) is 1.45. The van der Waals surface area contributed by atoms with Gasteiger partial charge in [-0.2, -0.15) is 0 Å². The van der Waals surface area contributed by atoms with E-state index in [-0.39, 0.29) is 5.82 Å². The number of halogens is 2. The van der Waals surface area contributed by atoms with Crippen molar-refractivity contribution in [2.75, 3.05) is 11.1 Å². The van der Waals surface area contributed by atoms with Crippen LogP contribution < -0.4 is 11.1 Å². The largest absolute Gasteiger partial charge is 0.399 e. The minimum atomic E-state index is -0.298. The summed E-state index contributed by atoms with van der Waals surface area (Å²) in [6, 6.07) is 11.0. The van der Waals surface area contributed by atoms with Crippen molar-refractivity contribution in [1.29, 1.82) is 0 Å². The van der Waals surface area contributed by atoms with Crippen molar-refractivity contribution in [1.82, 2.24) is 0 Å². The molecule has 92 valence electrons. The highest BCUT2D eigenvalue weighted by Gasteiger charge is 2.07. The van der Waals surface area contributed by atoms with Crippen LogP contribution in [-0.2, 0) is 0 Å². The number of thiocarbonyl (C=S) groups is 1. The molecule has 2 aromatic carbocycles. The maximum absolute atomic E-state index is 12.8. The molecule has 5 heteroatoms. The molecule has 0 amide bonds. The Hall–Kier alpha value is -1.65. The molecule has 0 aliphatic rings. The molecule has 0 aromatic heterocycles. The molecule has 0 fully saturated rings. The van der Waals surface area contributed by atoms with Crippen LogP contribution in [0.3, 0.4) is 0 Å². The van der Waals surface area contributed by atoms with E-state index in [0.29, 0.717) is 26.9 Å². The first kappa shape index (κ1) is 12.8. The average Bonchev–Trinajstić information content (AvgIpc) is 2.35. The number of nitrogen functional groups attached to an aromatic ring is 1. The van der Waals surface area contributed by atoms with E-state index in [1.165, 1.54) is 12.1 Å². The van der Waals surface area contributed by atoms with Crippen molar-refractivity contribution in [3.63, 3.8) is 0 Å². The Morgan fingerprint density at radius 3 is 2.50 bits per heavy atom. The van der Waals surface area contributed by atoms with E-state index in [1.807, 2.05) is 0 Å². The second-order valence-corrected chi connectivity index (χ2v) is 4.52. The van der Waals surface area contributed by atoms with Gasteiger partial charge in [-0.25, -0.2) is 4.39 Å². The quantitative estimate of drug-likeness (QED) is 0.648. The lowest BCUT2D eigenvalue weighted by Crippen LogP contribution is -2.11. The average molecular weight is 281 g/mol. The maximum Gasteiger partial charge on any atom is 0.123 e. The fraction of sp³-hybridized carbons (Fsp3) is 0. The second kappa shape index (κ2) is 5.33. The third-order valence-electron chi connectivity index (χ3n) is 2.34. The summed E-state index contributed by atoms with van der Waals surface area (Å²) in [4.78, 5) is 0.443. The van der Waals surface area contributed by atoms with Crippen molar-refractivity contribution >= 4 is 40.2 Å². The van der Waals surface area contributed by atoms with Crippen molar-refractivity contribution in [3.8, 4) is 0 Å². The van der Waals surface area contributed by atoms with Crippen LogP contribution in [0.4, 0.5) is 15.8 Å². The summed E-state index contributed by atoms with van der Waals surface area (Å²) in [5.41, 5.74) is 7.61. The molecule has 2 nitrogen and oxygen atoms in total. The number of benzene rings is 2. The summed E-state index contributed by atoms with van der Waals surface area (Å²) >= 11 is 11.3. The van der Waals surface area contributed by atoms with Crippen LogP contribution in [0.5, 0.6) is 0 Å². The topological polar surface area (TPSA) is 38.0 Å². The molecule has 3 N–H and O–H groups in total. The van der Waals surface area contributed by atoms with Crippen LogP contribution in [0.2, 0.25) is 5.02 Å². The monoisotopic (exact) mass is 280 g/mol. The molecule has 0 saturated heterocycles. The Balaban J connectivity index is 2.21. The summed E-state index contributed by atoms with van der Waals surface area (Å²) in [7, 11) is 0. The predicted octanol–water partition coefficient (Wildman–Crippen LogP) is 3.85. The van der Waals surface area contributed by atoms with Gasteiger partial charge in [0.2, 0.25) is 0 Å². The minimum Gasteiger partial charge on any atom is -0.399 e. The lowest BCUT2D eigenvalue weighted by atomic mass is 10.2. The molecule has 0 atom stereocenters. The third-order valence-corrected chi connectivity index (χ3v) is 2.99. The normalized spacial score (nSPS) is 10.1. The highest BCUT2D eigenvalue weighted by Crippen LogP contribution is 2.21. The minimum absolute atomic E-state index is 0.298. The highest BCUT2D eigenvalue weighted by molar-refractivity contribution is 7.81. The number of hydrogen-bond donors (Lipinski definition) is 2. The lowest BCUT2D eigenvalue weighted by Gasteiger charge is -2.10. The van der Waals surface area contributed by atoms with Gasteiger partial charge >= 0.3 is 0 Å². The van der Waals surface area contributed by atoms with Gasteiger partial charge in [-0.05, 0) is 42.5 Å².